The lowest BCUT2D eigenvalue weighted by Crippen LogP contribution is -2.26. The number of hydrogen-bond donors (Lipinski definition) is 0. The van der Waals surface area contributed by atoms with Crippen LogP contribution in [0.15, 0.2) is 53.5 Å². The van der Waals surface area contributed by atoms with Crippen LogP contribution in [0.4, 0.5) is 10.7 Å². The van der Waals surface area contributed by atoms with Gasteiger partial charge in [0.05, 0.1) is 5.56 Å². The Morgan fingerprint density at radius 1 is 1.14 bits per heavy atom. The number of ether oxygens (including phenoxy) is 1. The third kappa shape index (κ3) is 5.82. The molecule has 0 radical (unpaired) electrons. The first-order valence-electron chi connectivity index (χ1n) is 13.0. The van der Waals surface area contributed by atoms with Crippen LogP contribution < -0.4 is 9.64 Å². The number of thiophene rings is 1. The molecule has 1 heterocycles. The van der Waals surface area contributed by atoms with E-state index in [1.807, 2.05) is 24.4 Å². The lowest BCUT2D eigenvalue weighted by molar-refractivity contribution is 0.218. The molecule has 1 aromatic heterocycles. The number of rotatable bonds is 8. The molecular formula is C31H37N3OS. The van der Waals surface area contributed by atoms with E-state index in [1.165, 1.54) is 10.4 Å². The van der Waals surface area contributed by atoms with Crippen molar-refractivity contribution in [2.24, 2.45) is 16.3 Å². The van der Waals surface area contributed by atoms with Crippen LogP contribution in [0.3, 0.4) is 0 Å². The summed E-state index contributed by atoms with van der Waals surface area (Å²) in [4.78, 5) is 8.49. The third-order valence-electron chi connectivity index (χ3n) is 7.27. The fourth-order valence-electron chi connectivity index (χ4n) is 4.92. The van der Waals surface area contributed by atoms with Gasteiger partial charge in [0.2, 0.25) is 0 Å². The molecule has 5 heteroatoms. The summed E-state index contributed by atoms with van der Waals surface area (Å²) in [5.74, 6) is 1.44. The first-order chi connectivity index (χ1) is 17.3. The smallest absolute Gasteiger partial charge is 0.134 e. The molecule has 0 saturated carbocycles. The highest BCUT2D eigenvalue weighted by Gasteiger charge is 2.32. The van der Waals surface area contributed by atoms with Crippen molar-refractivity contribution in [2.45, 2.75) is 60.5 Å². The van der Waals surface area contributed by atoms with Crippen molar-refractivity contribution in [1.29, 1.82) is 5.26 Å². The molecule has 0 spiro atoms. The van der Waals surface area contributed by atoms with Gasteiger partial charge in [-0.2, -0.15) is 5.26 Å². The van der Waals surface area contributed by atoms with E-state index < -0.39 is 0 Å². The Balaban J connectivity index is 1.64. The Kier molecular flexibility index (Phi) is 8.16. The van der Waals surface area contributed by atoms with Crippen LogP contribution in [0.1, 0.15) is 68.2 Å². The van der Waals surface area contributed by atoms with Gasteiger partial charge in [0.1, 0.15) is 23.4 Å². The van der Waals surface area contributed by atoms with Gasteiger partial charge in [0.25, 0.3) is 0 Å². The van der Waals surface area contributed by atoms with Gasteiger partial charge >= 0.3 is 0 Å². The van der Waals surface area contributed by atoms with E-state index in [0.29, 0.717) is 12.5 Å². The molecule has 1 aliphatic carbocycles. The summed E-state index contributed by atoms with van der Waals surface area (Å²) in [7, 11) is 0. The Morgan fingerprint density at radius 2 is 1.89 bits per heavy atom. The van der Waals surface area contributed by atoms with Crippen LogP contribution >= 0.6 is 11.3 Å². The van der Waals surface area contributed by atoms with Gasteiger partial charge < -0.3 is 9.64 Å². The summed E-state index contributed by atoms with van der Waals surface area (Å²) in [5.41, 5.74) is 5.43. The highest BCUT2D eigenvalue weighted by molar-refractivity contribution is 7.16. The molecule has 0 aliphatic heterocycles. The van der Waals surface area contributed by atoms with E-state index in [-0.39, 0.29) is 5.41 Å². The summed E-state index contributed by atoms with van der Waals surface area (Å²) in [5, 5.41) is 10.8. The van der Waals surface area contributed by atoms with Crippen molar-refractivity contribution in [3.05, 3.63) is 75.7 Å². The minimum atomic E-state index is 0.273. The molecule has 4 rings (SSSR count). The molecule has 0 amide bonds. The van der Waals surface area contributed by atoms with Crippen molar-refractivity contribution in [2.75, 3.05) is 18.0 Å². The summed E-state index contributed by atoms with van der Waals surface area (Å²) < 4.78 is 6.30. The second-order valence-electron chi connectivity index (χ2n) is 10.5. The zero-order valence-corrected chi connectivity index (χ0v) is 23.0. The van der Waals surface area contributed by atoms with E-state index in [2.05, 4.69) is 75.9 Å². The maximum atomic E-state index is 9.96. The molecule has 36 heavy (non-hydrogen) atoms. The molecule has 0 fully saturated rings. The third-order valence-corrected chi connectivity index (χ3v) is 8.43. The Bertz CT molecular complexity index is 1240. The summed E-state index contributed by atoms with van der Waals surface area (Å²) in [6.07, 6.45) is 5.01. The normalized spacial score (nSPS) is 15.5. The van der Waals surface area contributed by atoms with Crippen molar-refractivity contribution >= 4 is 28.2 Å². The van der Waals surface area contributed by atoms with Crippen molar-refractivity contribution in [3.63, 3.8) is 0 Å². The van der Waals surface area contributed by atoms with Gasteiger partial charge in [0.15, 0.2) is 0 Å². The van der Waals surface area contributed by atoms with E-state index in [1.54, 1.807) is 11.3 Å². The number of hydrogen-bond acceptors (Lipinski definition) is 5. The van der Waals surface area contributed by atoms with Crippen LogP contribution in [0, 0.1) is 22.7 Å². The van der Waals surface area contributed by atoms with Crippen LogP contribution in [-0.4, -0.2) is 19.3 Å². The average Bonchev–Trinajstić information content (AvgIpc) is 3.24. The number of aliphatic imine (C=N–C) groups is 1. The first kappa shape index (κ1) is 26.0. The second kappa shape index (κ2) is 11.3. The second-order valence-corrected chi connectivity index (χ2v) is 11.6. The van der Waals surface area contributed by atoms with Crippen molar-refractivity contribution in [3.8, 4) is 11.8 Å². The van der Waals surface area contributed by atoms with Crippen molar-refractivity contribution in [1.82, 2.24) is 0 Å². The van der Waals surface area contributed by atoms with Crippen LogP contribution in [0.2, 0.25) is 0 Å². The molecule has 188 valence electrons. The maximum absolute atomic E-state index is 9.96. The van der Waals surface area contributed by atoms with E-state index in [4.69, 9.17) is 9.73 Å². The Morgan fingerprint density at radius 3 is 2.56 bits per heavy atom. The summed E-state index contributed by atoms with van der Waals surface area (Å²) >= 11 is 1.69. The SMILES string of the molecule is CCN(CC)c1ccc(C=Nc2sc3c(c2C#N)CC[C@@H](C(C)(C)C)C3)c(OCc2ccccc2)c1. The van der Waals surface area contributed by atoms with Crippen LogP contribution in [0.25, 0.3) is 0 Å². The van der Waals surface area contributed by atoms with Gasteiger partial charge in [-0.25, -0.2) is 4.99 Å². The molecule has 1 aliphatic rings. The monoisotopic (exact) mass is 499 g/mol. The van der Waals surface area contributed by atoms with Crippen LogP contribution in [-0.2, 0) is 19.4 Å². The minimum absolute atomic E-state index is 0.273. The number of nitriles is 1. The van der Waals surface area contributed by atoms with Crippen LogP contribution in [0.5, 0.6) is 5.75 Å². The van der Waals surface area contributed by atoms with Gasteiger partial charge in [-0.15, -0.1) is 11.3 Å². The highest BCUT2D eigenvalue weighted by atomic mass is 32.1. The quantitative estimate of drug-likeness (QED) is 0.296. The Hall–Kier alpha value is -3.10. The molecule has 1 atom stereocenters. The first-order valence-corrected chi connectivity index (χ1v) is 13.8. The van der Waals surface area contributed by atoms with E-state index in [9.17, 15) is 5.26 Å². The maximum Gasteiger partial charge on any atom is 0.134 e. The number of fused-ring (bicyclic) bond motifs is 1. The average molecular weight is 500 g/mol. The molecular weight excluding hydrogens is 462 g/mol. The van der Waals surface area contributed by atoms with E-state index in [0.717, 1.165) is 65.5 Å². The molecule has 3 aromatic rings. The molecule has 0 saturated heterocycles. The van der Waals surface area contributed by atoms with Gasteiger partial charge in [-0.1, -0.05) is 51.1 Å². The minimum Gasteiger partial charge on any atom is -0.488 e. The fraction of sp³-hybridized carbons (Fsp3) is 0.419. The topological polar surface area (TPSA) is 48.6 Å². The predicted molar refractivity (Wildman–Crippen MR) is 152 cm³/mol. The largest absolute Gasteiger partial charge is 0.488 e. The highest BCUT2D eigenvalue weighted by Crippen LogP contribution is 2.45. The number of nitrogens with zero attached hydrogens (tertiary/aromatic N) is 3. The zero-order chi connectivity index (χ0) is 25.7. The standard InChI is InChI=1S/C31H37N3OS/c1-6-34(7-2)25-15-13-23(28(18-25)35-21-22-11-9-8-10-12-22)20-33-30-27(19-32)26-16-14-24(31(3,4)5)17-29(26)36-30/h8-13,15,18,20,24H,6-7,14,16-17,21H2,1-5H3/t24-/m1/s1. The predicted octanol–water partition coefficient (Wildman–Crippen LogP) is 7.95. The fourth-order valence-corrected chi connectivity index (χ4v) is 6.14. The molecule has 0 bridgehead atoms. The molecule has 0 N–H and O–H groups in total. The van der Waals surface area contributed by atoms with Gasteiger partial charge in [0, 0.05) is 41.5 Å². The molecule has 2 aromatic carbocycles. The van der Waals surface area contributed by atoms with E-state index >= 15 is 0 Å². The lowest BCUT2D eigenvalue weighted by atomic mass is 9.72. The Labute approximate surface area is 220 Å². The molecule has 0 unspecified atom stereocenters. The summed E-state index contributed by atoms with van der Waals surface area (Å²) in [6, 6.07) is 19.0. The number of benzene rings is 2. The van der Waals surface area contributed by atoms with Gasteiger partial charge in [-0.05, 0) is 67.7 Å². The number of anilines is 1. The lowest BCUT2D eigenvalue weighted by Gasteiger charge is -2.33. The van der Waals surface area contributed by atoms with Gasteiger partial charge in [-0.3, -0.25) is 0 Å². The molecule has 4 nitrogen and oxygen atoms in total. The summed E-state index contributed by atoms with van der Waals surface area (Å²) in [6.45, 7) is 13.6. The van der Waals surface area contributed by atoms with Crippen molar-refractivity contribution < 1.29 is 4.74 Å². The zero-order valence-electron chi connectivity index (χ0n) is 22.2.